The first kappa shape index (κ1) is 13.1. The molecule has 2 aromatic rings. The summed E-state index contributed by atoms with van der Waals surface area (Å²) in [5.41, 5.74) is 3.10. The van der Waals surface area contributed by atoms with Crippen LogP contribution >= 0.6 is 0 Å². The molecule has 0 saturated heterocycles. The average molecular weight is 269 g/mol. The Labute approximate surface area is 119 Å². The summed E-state index contributed by atoms with van der Waals surface area (Å²) in [7, 11) is 1.72. The Hall–Kier alpha value is -1.94. The van der Waals surface area contributed by atoms with Gasteiger partial charge in [-0.05, 0) is 43.5 Å². The maximum atomic E-state index is 5.35. The first-order valence-corrected chi connectivity index (χ1v) is 6.99. The van der Waals surface area contributed by atoms with Crippen molar-refractivity contribution in [2.24, 2.45) is 0 Å². The molecule has 0 radical (unpaired) electrons. The van der Waals surface area contributed by atoms with E-state index < -0.39 is 0 Å². The van der Waals surface area contributed by atoms with Gasteiger partial charge in [-0.3, -0.25) is 0 Å². The SMILES string of the molecule is COC(C)c1cccc(-c2ccc(NC3CC3)nn2)c1. The third kappa shape index (κ3) is 2.96. The van der Waals surface area contributed by atoms with Crippen LogP contribution in [0.5, 0.6) is 0 Å². The van der Waals surface area contributed by atoms with Gasteiger partial charge in [0.2, 0.25) is 0 Å². The highest BCUT2D eigenvalue weighted by atomic mass is 16.5. The van der Waals surface area contributed by atoms with Crippen LogP contribution in [-0.2, 0) is 4.74 Å². The normalized spacial score (nSPS) is 15.9. The molecular weight excluding hydrogens is 250 g/mol. The zero-order valence-corrected chi connectivity index (χ0v) is 11.8. The molecule has 104 valence electrons. The molecule has 1 aliphatic rings. The lowest BCUT2D eigenvalue weighted by Gasteiger charge is -2.11. The molecule has 1 N–H and O–H groups in total. The number of benzene rings is 1. The summed E-state index contributed by atoms with van der Waals surface area (Å²) in [6.07, 6.45) is 2.56. The number of ether oxygens (including phenoxy) is 1. The molecule has 1 aliphatic carbocycles. The van der Waals surface area contributed by atoms with Crippen molar-refractivity contribution in [2.75, 3.05) is 12.4 Å². The first-order valence-electron chi connectivity index (χ1n) is 6.99. The standard InChI is InChI=1S/C16H19N3O/c1-11(20-2)12-4-3-5-13(10-12)15-8-9-16(19-18-15)17-14-6-7-14/h3-5,8-11,14H,6-7H2,1-2H3,(H,17,19). The lowest BCUT2D eigenvalue weighted by Crippen LogP contribution is -2.04. The van der Waals surface area contributed by atoms with Crippen molar-refractivity contribution in [1.29, 1.82) is 0 Å². The van der Waals surface area contributed by atoms with Gasteiger partial charge in [0, 0.05) is 18.7 Å². The molecule has 1 aromatic heterocycles. The maximum Gasteiger partial charge on any atom is 0.148 e. The van der Waals surface area contributed by atoms with E-state index in [4.69, 9.17) is 4.74 Å². The second kappa shape index (κ2) is 5.59. The van der Waals surface area contributed by atoms with Crippen molar-refractivity contribution in [3.8, 4) is 11.3 Å². The molecule has 0 bridgehead atoms. The van der Waals surface area contributed by atoms with Crippen LogP contribution in [0.2, 0.25) is 0 Å². The van der Waals surface area contributed by atoms with Crippen molar-refractivity contribution < 1.29 is 4.74 Å². The van der Waals surface area contributed by atoms with Crippen molar-refractivity contribution in [1.82, 2.24) is 10.2 Å². The molecule has 0 amide bonds. The van der Waals surface area contributed by atoms with Gasteiger partial charge in [0.05, 0.1) is 11.8 Å². The van der Waals surface area contributed by atoms with Crippen LogP contribution in [0.3, 0.4) is 0 Å². The monoisotopic (exact) mass is 269 g/mol. The summed E-state index contributed by atoms with van der Waals surface area (Å²) in [5, 5.41) is 11.9. The number of hydrogen-bond acceptors (Lipinski definition) is 4. The molecule has 4 heteroatoms. The number of hydrogen-bond donors (Lipinski definition) is 1. The minimum Gasteiger partial charge on any atom is -0.377 e. The topological polar surface area (TPSA) is 47.0 Å². The van der Waals surface area contributed by atoms with E-state index in [2.05, 4.69) is 27.6 Å². The predicted octanol–water partition coefficient (Wildman–Crippen LogP) is 3.43. The molecule has 1 fully saturated rings. The molecule has 0 spiro atoms. The Morgan fingerprint density at radius 1 is 1.20 bits per heavy atom. The van der Waals surface area contributed by atoms with Crippen molar-refractivity contribution in [2.45, 2.75) is 31.9 Å². The molecular formula is C16H19N3O. The number of anilines is 1. The van der Waals surface area contributed by atoms with E-state index in [9.17, 15) is 0 Å². The van der Waals surface area contributed by atoms with Gasteiger partial charge in [0.15, 0.2) is 0 Å². The second-order valence-corrected chi connectivity index (χ2v) is 5.23. The van der Waals surface area contributed by atoms with E-state index in [-0.39, 0.29) is 6.10 Å². The predicted molar refractivity (Wildman–Crippen MR) is 79.5 cm³/mol. The van der Waals surface area contributed by atoms with Crippen molar-refractivity contribution >= 4 is 5.82 Å². The highest BCUT2D eigenvalue weighted by Crippen LogP contribution is 2.25. The lowest BCUT2D eigenvalue weighted by atomic mass is 10.0. The van der Waals surface area contributed by atoms with E-state index in [1.165, 1.54) is 12.8 Å². The molecule has 1 saturated carbocycles. The van der Waals surface area contributed by atoms with E-state index in [0.717, 1.165) is 22.6 Å². The van der Waals surface area contributed by atoms with E-state index in [1.807, 2.05) is 31.2 Å². The van der Waals surface area contributed by atoms with Crippen LogP contribution < -0.4 is 5.32 Å². The first-order chi connectivity index (χ1) is 9.76. The van der Waals surface area contributed by atoms with Crippen LogP contribution in [0.15, 0.2) is 36.4 Å². The summed E-state index contributed by atoms with van der Waals surface area (Å²) in [6.45, 7) is 2.04. The minimum absolute atomic E-state index is 0.0821. The van der Waals surface area contributed by atoms with E-state index in [0.29, 0.717) is 6.04 Å². The van der Waals surface area contributed by atoms with Gasteiger partial charge in [-0.25, -0.2) is 0 Å². The molecule has 1 atom stereocenters. The molecule has 4 nitrogen and oxygen atoms in total. The molecule has 1 heterocycles. The van der Waals surface area contributed by atoms with E-state index >= 15 is 0 Å². The molecule has 3 rings (SSSR count). The van der Waals surface area contributed by atoms with Gasteiger partial charge in [-0.1, -0.05) is 18.2 Å². The largest absolute Gasteiger partial charge is 0.377 e. The number of rotatable bonds is 5. The fourth-order valence-corrected chi connectivity index (χ4v) is 2.09. The summed E-state index contributed by atoms with van der Waals surface area (Å²) in [6, 6.07) is 12.8. The number of aromatic nitrogens is 2. The summed E-state index contributed by atoms with van der Waals surface area (Å²) < 4.78 is 5.35. The molecule has 1 aromatic carbocycles. The Balaban J connectivity index is 1.80. The highest BCUT2D eigenvalue weighted by Gasteiger charge is 2.21. The average Bonchev–Trinajstić information content (AvgIpc) is 3.31. The quantitative estimate of drug-likeness (QED) is 0.903. The molecule has 0 aliphatic heterocycles. The fourth-order valence-electron chi connectivity index (χ4n) is 2.09. The minimum atomic E-state index is 0.0821. The highest BCUT2D eigenvalue weighted by molar-refractivity contribution is 5.60. The van der Waals surface area contributed by atoms with Gasteiger partial charge in [0.25, 0.3) is 0 Å². The third-order valence-electron chi connectivity index (χ3n) is 3.60. The number of nitrogens with one attached hydrogen (secondary N) is 1. The van der Waals surface area contributed by atoms with Crippen LogP contribution in [0.1, 0.15) is 31.4 Å². The molecule has 1 unspecified atom stereocenters. The number of nitrogens with zero attached hydrogens (tertiary/aromatic N) is 2. The Morgan fingerprint density at radius 2 is 2.05 bits per heavy atom. The second-order valence-electron chi connectivity index (χ2n) is 5.23. The summed E-state index contributed by atoms with van der Waals surface area (Å²) in [5.74, 6) is 0.859. The van der Waals surface area contributed by atoms with Gasteiger partial charge >= 0.3 is 0 Å². The van der Waals surface area contributed by atoms with Crippen LogP contribution in [0, 0.1) is 0 Å². The Kier molecular flexibility index (Phi) is 3.65. The zero-order chi connectivity index (χ0) is 13.9. The summed E-state index contributed by atoms with van der Waals surface area (Å²) >= 11 is 0. The Morgan fingerprint density at radius 3 is 2.70 bits per heavy atom. The van der Waals surface area contributed by atoms with Crippen LogP contribution in [0.4, 0.5) is 5.82 Å². The van der Waals surface area contributed by atoms with Gasteiger partial charge in [0.1, 0.15) is 5.82 Å². The summed E-state index contributed by atoms with van der Waals surface area (Å²) in [4.78, 5) is 0. The number of methoxy groups -OCH3 is 1. The van der Waals surface area contributed by atoms with Gasteiger partial charge < -0.3 is 10.1 Å². The van der Waals surface area contributed by atoms with Gasteiger partial charge in [-0.15, -0.1) is 10.2 Å². The van der Waals surface area contributed by atoms with Crippen LogP contribution in [-0.4, -0.2) is 23.3 Å². The van der Waals surface area contributed by atoms with Crippen molar-refractivity contribution in [3.05, 3.63) is 42.0 Å². The van der Waals surface area contributed by atoms with E-state index in [1.54, 1.807) is 7.11 Å². The van der Waals surface area contributed by atoms with Crippen LogP contribution in [0.25, 0.3) is 11.3 Å². The van der Waals surface area contributed by atoms with Gasteiger partial charge in [-0.2, -0.15) is 0 Å². The fraction of sp³-hybridized carbons (Fsp3) is 0.375. The molecule has 20 heavy (non-hydrogen) atoms. The van der Waals surface area contributed by atoms with Crippen molar-refractivity contribution in [3.63, 3.8) is 0 Å². The third-order valence-corrected chi connectivity index (χ3v) is 3.60. The Bertz CT molecular complexity index is 579. The lowest BCUT2D eigenvalue weighted by molar-refractivity contribution is 0.119. The zero-order valence-electron chi connectivity index (χ0n) is 11.8. The maximum absolute atomic E-state index is 5.35. The smallest absolute Gasteiger partial charge is 0.148 e.